The summed E-state index contributed by atoms with van der Waals surface area (Å²) >= 11 is 0. The zero-order chi connectivity index (χ0) is 14.7. The van der Waals surface area contributed by atoms with Crippen LogP contribution in [0.15, 0.2) is 30.5 Å². The van der Waals surface area contributed by atoms with E-state index < -0.39 is 0 Å². The Morgan fingerprint density at radius 2 is 2.29 bits per heavy atom. The Hall–Kier alpha value is -2.21. The van der Waals surface area contributed by atoms with Gasteiger partial charge in [0.25, 0.3) is 0 Å². The topological polar surface area (TPSA) is 80.1 Å². The SMILES string of the molecule is O=[N+]([O-])c1cnc2ccccc2c1NCC1CCCNC1. The monoisotopic (exact) mass is 286 g/mol. The van der Waals surface area contributed by atoms with Crippen LogP contribution in [0.2, 0.25) is 0 Å². The second-order valence-corrected chi connectivity index (χ2v) is 5.39. The van der Waals surface area contributed by atoms with E-state index in [-0.39, 0.29) is 10.6 Å². The average molecular weight is 286 g/mol. The molecule has 2 N–H and O–H groups in total. The first kappa shape index (κ1) is 13.8. The first-order chi connectivity index (χ1) is 10.3. The molecule has 0 radical (unpaired) electrons. The first-order valence-corrected chi connectivity index (χ1v) is 7.22. The molecule has 1 saturated heterocycles. The van der Waals surface area contributed by atoms with Crippen LogP contribution in [0, 0.1) is 16.0 Å². The molecule has 0 bridgehead atoms. The first-order valence-electron chi connectivity index (χ1n) is 7.22. The lowest BCUT2D eigenvalue weighted by atomic mass is 9.99. The number of pyridine rings is 1. The summed E-state index contributed by atoms with van der Waals surface area (Å²) in [6.45, 7) is 2.76. The maximum absolute atomic E-state index is 11.2. The van der Waals surface area contributed by atoms with Crippen molar-refractivity contribution in [3.05, 3.63) is 40.6 Å². The molecule has 1 atom stereocenters. The van der Waals surface area contributed by atoms with Gasteiger partial charge in [-0.25, -0.2) is 4.98 Å². The Balaban J connectivity index is 1.90. The molecular formula is C15H18N4O2. The van der Waals surface area contributed by atoms with E-state index in [1.165, 1.54) is 6.20 Å². The fourth-order valence-corrected chi connectivity index (χ4v) is 2.80. The summed E-state index contributed by atoms with van der Waals surface area (Å²) in [6, 6.07) is 7.50. The Bertz CT molecular complexity index is 653. The molecule has 1 aromatic carbocycles. The number of nitrogens with zero attached hydrogens (tertiary/aromatic N) is 2. The van der Waals surface area contributed by atoms with E-state index in [4.69, 9.17) is 0 Å². The van der Waals surface area contributed by atoms with Crippen molar-refractivity contribution < 1.29 is 4.92 Å². The number of nitro groups is 1. The van der Waals surface area contributed by atoms with Crippen LogP contribution in [0.3, 0.4) is 0 Å². The van der Waals surface area contributed by atoms with Crippen molar-refractivity contribution in [3.8, 4) is 0 Å². The number of rotatable bonds is 4. The summed E-state index contributed by atoms with van der Waals surface area (Å²) in [7, 11) is 0. The van der Waals surface area contributed by atoms with Crippen LogP contribution in [-0.2, 0) is 0 Å². The van der Waals surface area contributed by atoms with Crippen molar-refractivity contribution in [1.82, 2.24) is 10.3 Å². The minimum Gasteiger partial charge on any atom is -0.379 e. The van der Waals surface area contributed by atoms with Gasteiger partial charge in [0.05, 0.1) is 10.4 Å². The second-order valence-electron chi connectivity index (χ2n) is 5.39. The highest BCUT2D eigenvalue weighted by Crippen LogP contribution is 2.31. The smallest absolute Gasteiger partial charge is 0.311 e. The van der Waals surface area contributed by atoms with Crippen molar-refractivity contribution in [1.29, 1.82) is 0 Å². The van der Waals surface area contributed by atoms with Gasteiger partial charge in [0.2, 0.25) is 0 Å². The number of nitrogens with one attached hydrogen (secondary N) is 2. The predicted octanol–water partition coefficient (Wildman–Crippen LogP) is 2.55. The number of hydrogen-bond donors (Lipinski definition) is 2. The number of piperidine rings is 1. The van der Waals surface area contributed by atoms with Gasteiger partial charge < -0.3 is 10.6 Å². The molecule has 0 saturated carbocycles. The highest BCUT2D eigenvalue weighted by Gasteiger charge is 2.19. The Morgan fingerprint density at radius 3 is 3.05 bits per heavy atom. The van der Waals surface area contributed by atoms with E-state index >= 15 is 0 Å². The fraction of sp³-hybridized carbons (Fsp3) is 0.400. The van der Waals surface area contributed by atoms with Crippen molar-refractivity contribution in [2.24, 2.45) is 5.92 Å². The molecule has 1 fully saturated rings. The Morgan fingerprint density at radius 1 is 1.43 bits per heavy atom. The van der Waals surface area contributed by atoms with E-state index in [0.717, 1.165) is 43.4 Å². The molecule has 1 aliphatic rings. The van der Waals surface area contributed by atoms with Crippen LogP contribution in [0.25, 0.3) is 10.9 Å². The van der Waals surface area contributed by atoms with Crippen molar-refractivity contribution in [3.63, 3.8) is 0 Å². The fourth-order valence-electron chi connectivity index (χ4n) is 2.80. The van der Waals surface area contributed by atoms with Crippen LogP contribution in [0.5, 0.6) is 0 Å². The minimum atomic E-state index is -0.374. The molecule has 3 rings (SSSR count). The minimum absolute atomic E-state index is 0.0393. The summed E-state index contributed by atoms with van der Waals surface area (Å²) in [4.78, 5) is 15.0. The van der Waals surface area contributed by atoms with E-state index in [9.17, 15) is 10.1 Å². The van der Waals surface area contributed by atoms with Crippen LogP contribution >= 0.6 is 0 Å². The van der Waals surface area contributed by atoms with Crippen LogP contribution in [0.4, 0.5) is 11.4 Å². The number of anilines is 1. The molecule has 0 amide bonds. The molecular weight excluding hydrogens is 268 g/mol. The van der Waals surface area contributed by atoms with Gasteiger partial charge in [-0.15, -0.1) is 0 Å². The summed E-state index contributed by atoms with van der Waals surface area (Å²) in [5.74, 6) is 0.505. The van der Waals surface area contributed by atoms with Gasteiger partial charge in [-0.05, 0) is 37.9 Å². The normalized spacial score (nSPS) is 18.6. The highest BCUT2D eigenvalue weighted by molar-refractivity contribution is 5.95. The number of benzene rings is 1. The van der Waals surface area contributed by atoms with E-state index in [0.29, 0.717) is 11.6 Å². The van der Waals surface area contributed by atoms with Gasteiger partial charge in [0.15, 0.2) is 0 Å². The van der Waals surface area contributed by atoms with Crippen LogP contribution < -0.4 is 10.6 Å². The maximum atomic E-state index is 11.2. The summed E-state index contributed by atoms with van der Waals surface area (Å²) in [6.07, 6.45) is 3.64. The third-order valence-corrected chi connectivity index (χ3v) is 3.92. The Kier molecular flexibility index (Phi) is 3.96. The van der Waals surface area contributed by atoms with Gasteiger partial charge in [-0.1, -0.05) is 18.2 Å². The molecule has 0 spiro atoms. The van der Waals surface area contributed by atoms with Crippen molar-refractivity contribution in [2.75, 3.05) is 25.0 Å². The quantitative estimate of drug-likeness (QED) is 0.667. The zero-order valence-corrected chi connectivity index (χ0v) is 11.7. The standard InChI is InChI=1S/C15H18N4O2/c20-19(21)14-10-17-13-6-2-1-5-12(13)15(14)18-9-11-4-3-7-16-8-11/h1-2,5-6,10-11,16H,3-4,7-9H2,(H,17,18). The van der Waals surface area contributed by atoms with Gasteiger partial charge in [-0.3, -0.25) is 10.1 Å². The molecule has 6 heteroatoms. The lowest BCUT2D eigenvalue weighted by Gasteiger charge is -2.23. The number of hydrogen-bond acceptors (Lipinski definition) is 5. The van der Waals surface area contributed by atoms with E-state index in [1.54, 1.807) is 0 Å². The lowest BCUT2D eigenvalue weighted by molar-refractivity contribution is -0.384. The molecule has 21 heavy (non-hydrogen) atoms. The molecule has 6 nitrogen and oxygen atoms in total. The van der Waals surface area contributed by atoms with Gasteiger partial charge in [-0.2, -0.15) is 0 Å². The number of para-hydroxylation sites is 1. The van der Waals surface area contributed by atoms with E-state index in [2.05, 4.69) is 15.6 Å². The maximum Gasteiger partial charge on any atom is 0.311 e. The lowest BCUT2D eigenvalue weighted by Crippen LogP contribution is -2.33. The molecule has 2 aromatic rings. The second kappa shape index (κ2) is 6.05. The highest BCUT2D eigenvalue weighted by atomic mass is 16.6. The molecule has 2 heterocycles. The van der Waals surface area contributed by atoms with Gasteiger partial charge in [0.1, 0.15) is 11.9 Å². The Labute approximate surface area is 122 Å². The molecule has 1 aromatic heterocycles. The molecule has 110 valence electrons. The molecule has 0 aliphatic carbocycles. The summed E-state index contributed by atoms with van der Waals surface area (Å²) in [5, 5.41) is 18.7. The predicted molar refractivity (Wildman–Crippen MR) is 82.5 cm³/mol. The zero-order valence-electron chi connectivity index (χ0n) is 11.7. The van der Waals surface area contributed by atoms with Crippen LogP contribution in [0.1, 0.15) is 12.8 Å². The van der Waals surface area contributed by atoms with Crippen molar-refractivity contribution >= 4 is 22.3 Å². The third kappa shape index (κ3) is 2.95. The van der Waals surface area contributed by atoms with Gasteiger partial charge in [0, 0.05) is 11.9 Å². The largest absolute Gasteiger partial charge is 0.379 e. The molecule has 1 aliphatic heterocycles. The number of fused-ring (bicyclic) bond motifs is 1. The third-order valence-electron chi connectivity index (χ3n) is 3.92. The molecule has 1 unspecified atom stereocenters. The average Bonchev–Trinajstić information content (AvgIpc) is 2.53. The van der Waals surface area contributed by atoms with Gasteiger partial charge >= 0.3 is 5.69 Å². The summed E-state index contributed by atoms with van der Waals surface area (Å²) < 4.78 is 0. The van der Waals surface area contributed by atoms with Crippen molar-refractivity contribution in [2.45, 2.75) is 12.8 Å². The van der Waals surface area contributed by atoms with Crippen LogP contribution in [-0.4, -0.2) is 29.5 Å². The van der Waals surface area contributed by atoms with E-state index in [1.807, 2.05) is 24.3 Å². The summed E-state index contributed by atoms with van der Waals surface area (Å²) in [5.41, 5.74) is 1.39. The number of aromatic nitrogens is 1.